The van der Waals surface area contributed by atoms with Gasteiger partial charge in [0.25, 0.3) is 11.6 Å². The van der Waals surface area contributed by atoms with Crippen molar-refractivity contribution in [2.75, 3.05) is 23.5 Å². The van der Waals surface area contributed by atoms with Gasteiger partial charge in [-0.1, -0.05) is 29.5 Å². The van der Waals surface area contributed by atoms with Crippen LogP contribution in [0.2, 0.25) is 0 Å². The third-order valence-corrected chi connectivity index (χ3v) is 7.07. The minimum atomic E-state index is -0.575. The maximum Gasteiger partial charge on any atom is 0.296 e. The molecular formula is C24H20N4O5S2. The first-order chi connectivity index (χ1) is 16.8. The highest BCUT2D eigenvalue weighted by molar-refractivity contribution is 8.01. The number of thioether (sulfide) groups is 1. The van der Waals surface area contributed by atoms with Crippen molar-refractivity contribution < 1.29 is 19.2 Å². The molecule has 0 radical (unpaired) electrons. The smallest absolute Gasteiger partial charge is 0.296 e. The summed E-state index contributed by atoms with van der Waals surface area (Å²) < 4.78 is 6.53. The molecule has 1 aromatic heterocycles. The Balaban J connectivity index is 1.40. The summed E-state index contributed by atoms with van der Waals surface area (Å²) in [5.41, 5.74) is 2.82. The van der Waals surface area contributed by atoms with E-state index in [1.807, 2.05) is 37.3 Å². The summed E-state index contributed by atoms with van der Waals surface area (Å²) in [4.78, 5) is 40.2. The minimum absolute atomic E-state index is 0.0277. The molecule has 178 valence electrons. The second-order valence-corrected chi connectivity index (χ2v) is 9.72. The highest BCUT2D eigenvalue weighted by atomic mass is 32.2. The fraction of sp³-hybridized carbons (Fsp3) is 0.125. The van der Waals surface area contributed by atoms with Crippen molar-refractivity contribution in [3.8, 4) is 5.75 Å². The number of thiazole rings is 1. The summed E-state index contributed by atoms with van der Waals surface area (Å²) in [6.45, 7) is 1.93. The zero-order valence-corrected chi connectivity index (χ0v) is 20.4. The van der Waals surface area contributed by atoms with Crippen molar-refractivity contribution >= 4 is 62.2 Å². The summed E-state index contributed by atoms with van der Waals surface area (Å²) in [7, 11) is 1.41. The molecule has 0 spiro atoms. The van der Waals surface area contributed by atoms with Crippen molar-refractivity contribution in [2.45, 2.75) is 11.3 Å². The Kier molecular flexibility index (Phi) is 7.28. The lowest BCUT2D eigenvalue weighted by atomic mass is 10.1. The topological polar surface area (TPSA) is 123 Å². The van der Waals surface area contributed by atoms with E-state index in [4.69, 9.17) is 4.74 Å². The van der Waals surface area contributed by atoms with Gasteiger partial charge < -0.3 is 15.4 Å². The molecule has 9 nitrogen and oxygen atoms in total. The average Bonchev–Trinajstić information content (AvgIpc) is 3.25. The minimum Gasteiger partial charge on any atom is -0.496 e. The molecule has 0 fully saturated rings. The van der Waals surface area contributed by atoms with Gasteiger partial charge >= 0.3 is 0 Å². The quantitative estimate of drug-likeness (QED) is 0.183. The fourth-order valence-electron chi connectivity index (χ4n) is 3.24. The first-order valence-corrected chi connectivity index (χ1v) is 12.2. The highest BCUT2D eigenvalue weighted by Crippen LogP contribution is 2.32. The lowest BCUT2D eigenvalue weighted by Crippen LogP contribution is -2.15. The monoisotopic (exact) mass is 508 g/mol. The average molecular weight is 509 g/mol. The molecule has 11 heteroatoms. The van der Waals surface area contributed by atoms with Crippen LogP contribution in [0, 0.1) is 17.0 Å². The molecule has 0 aliphatic heterocycles. The number of fused-ring (bicyclic) bond motifs is 1. The predicted molar refractivity (Wildman–Crippen MR) is 138 cm³/mol. The van der Waals surface area contributed by atoms with E-state index < -0.39 is 10.8 Å². The van der Waals surface area contributed by atoms with Gasteiger partial charge in [-0.15, -0.1) is 11.3 Å². The zero-order chi connectivity index (χ0) is 24.9. The number of benzene rings is 3. The molecule has 35 heavy (non-hydrogen) atoms. The number of nitro groups is 1. The van der Waals surface area contributed by atoms with E-state index in [1.165, 1.54) is 42.3 Å². The van der Waals surface area contributed by atoms with Crippen LogP contribution in [0.1, 0.15) is 15.9 Å². The first-order valence-electron chi connectivity index (χ1n) is 10.4. The van der Waals surface area contributed by atoms with Gasteiger partial charge in [-0.25, -0.2) is 4.98 Å². The molecule has 4 aromatic rings. The standard InChI is InChI=1S/C24H20N4O5S2/c1-14-4-3-5-15(10-14)23(30)25-16-6-8-19-21(11-16)35-24(27-19)34-13-22(29)26-18-9-7-17(33-2)12-20(18)28(31)32/h3-12H,13H2,1-2H3,(H,25,30)(H,26,29). The lowest BCUT2D eigenvalue weighted by Gasteiger charge is -2.07. The number of aromatic nitrogens is 1. The summed E-state index contributed by atoms with van der Waals surface area (Å²) in [6, 6.07) is 17.0. The van der Waals surface area contributed by atoms with Gasteiger partial charge in [-0.2, -0.15) is 0 Å². The summed E-state index contributed by atoms with van der Waals surface area (Å²) in [6.07, 6.45) is 0. The van der Waals surface area contributed by atoms with Crippen LogP contribution in [0.4, 0.5) is 17.1 Å². The molecule has 0 aliphatic rings. The van der Waals surface area contributed by atoms with Gasteiger partial charge in [0.1, 0.15) is 11.4 Å². The van der Waals surface area contributed by atoms with Gasteiger partial charge in [0.05, 0.1) is 34.1 Å². The van der Waals surface area contributed by atoms with Crippen molar-refractivity contribution in [1.82, 2.24) is 4.98 Å². The Morgan fingerprint density at radius 2 is 1.94 bits per heavy atom. The number of methoxy groups -OCH3 is 1. The highest BCUT2D eigenvalue weighted by Gasteiger charge is 2.18. The van der Waals surface area contributed by atoms with Crippen LogP contribution in [-0.4, -0.2) is 34.6 Å². The van der Waals surface area contributed by atoms with Crippen LogP contribution in [0.15, 0.2) is 65.0 Å². The first kappa shape index (κ1) is 24.2. The second kappa shape index (κ2) is 10.5. The summed E-state index contributed by atoms with van der Waals surface area (Å²) in [5, 5.41) is 16.8. The van der Waals surface area contributed by atoms with Crippen LogP contribution in [-0.2, 0) is 4.79 Å². The normalized spacial score (nSPS) is 10.7. The molecule has 3 aromatic carbocycles. The van der Waals surface area contributed by atoms with Gasteiger partial charge in [0, 0.05) is 11.3 Å². The van der Waals surface area contributed by atoms with E-state index in [0.29, 0.717) is 21.3 Å². The van der Waals surface area contributed by atoms with E-state index in [1.54, 1.807) is 18.2 Å². The molecule has 2 N–H and O–H groups in total. The second-order valence-electron chi connectivity index (χ2n) is 7.46. The van der Waals surface area contributed by atoms with E-state index in [9.17, 15) is 19.7 Å². The number of rotatable bonds is 8. The van der Waals surface area contributed by atoms with Gasteiger partial charge in [-0.3, -0.25) is 19.7 Å². The number of anilines is 2. The van der Waals surface area contributed by atoms with Crippen LogP contribution in [0.3, 0.4) is 0 Å². The van der Waals surface area contributed by atoms with E-state index >= 15 is 0 Å². The molecule has 0 saturated carbocycles. The van der Waals surface area contributed by atoms with Crippen molar-refractivity contribution in [3.05, 3.63) is 81.9 Å². The number of hydrogen-bond donors (Lipinski definition) is 2. The van der Waals surface area contributed by atoms with Gasteiger partial charge in [-0.05, 0) is 49.4 Å². The molecule has 0 aliphatic carbocycles. The maximum atomic E-state index is 12.5. The van der Waals surface area contributed by atoms with Crippen LogP contribution in [0.25, 0.3) is 10.2 Å². The number of amides is 2. The Morgan fingerprint density at radius 1 is 1.11 bits per heavy atom. The Labute approximate surface area is 208 Å². The number of carbonyl (C=O) groups is 2. The molecule has 0 unspecified atom stereocenters. The lowest BCUT2D eigenvalue weighted by molar-refractivity contribution is -0.384. The van der Waals surface area contributed by atoms with Crippen molar-refractivity contribution in [3.63, 3.8) is 0 Å². The number of hydrogen-bond acceptors (Lipinski definition) is 8. The Hall–Kier alpha value is -3.96. The van der Waals surface area contributed by atoms with Gasteiger partial charge in [0.2, 0.25) is 5.91 Å². The van der Waals surface area contributed by atoms with Crippen LogP contribution < -0.4 is 15.4 Å². The van der Waals surface area contributed by atoms with Crippen molar-refractivity contribution in [1.29, 1.82) is 0 Å². The third kappa shape index (κ3) is 5.94. The van der Waals surface area contributed by atoms with Gasteiger partial charge in [0.15, 0.2) is 4.34 Å². The van der Waals surface area contributed by atoms with Crippen LogP contribution in [0.5, 0.6) is 5.75 Å². The van der Waals surface area contributed by atoms with E-state index in [2.05, 4.69) is 15.6 Å². The summed E-state index contributed by atoms with van der Waals surface area (Å²) >= 11 is 2.62. The Bertz CT molecular complexity index is 1440. The molecule has 0 atom stereocenters. The largest absolute Gasteiger partial charge is 0.496 e. The SMILES string of the molecule is COc1ccc(NC(=O)CSc2nc3ccc(NC(=O)c4cccc(C)c4)cc3s2)c([N+](=O)[O-])c1. The fourth-order valence-corrected chi connectivity index (χ4v) is 5.15. The third-order valence-electron chi connectivity index (χ3n) is 4.91. The van der Waals surface area contributed by atoms with Crippen molar-refractivity contribution in [2.24, 2.45) is 0 Å². The number of nitrogens with zero attached hydrogens (tertiary/aromatic N) is 2. The summed E-state index contributed by atoms with van der Waals surface area (Å²) in [5.74, 6) is -0.238. The molecule has 0 saturated heterocycles. The Morgan fingerprint density at radius 3 is 2.69 bits per heavy atom. The maximum absolute atomic E-state index is 12.5. The predicted octanol–water partition coefficient (Wildman–Crippen LogP) is 5.50. The zero-order valence-electron chi connectivity index (χ0n) is 18.7. The molecule has 1 heterocycles. The van der Waals surface area contributed by atoms with Crippen LogP contribution >= 0.6 is 23.1 Å². The molecule has 0 bridgehead atoms. The molecular weight excluding hydrogens is 488 g/mol. The number of ether oxygens (including phenoxy) is 1. The number of nitrogens with one attached hydrogen (secondary N) is 2. The van der Waals surface area contributed by atoms with E-state index in [0.717, 1.165) is 15.8 Å². The number of carbonyl (C=O) groups excluding carboxylic acids is 2. The number of aryl methyl sites for hydroxylation is 1. The molecule has 2 amide bonds. The number of nitro benzene ring substituents is 1. The molecule has 4 rings (SSSR count). The van der Waals surface area contributed by atoms with E-state index in [-0.39, 0.29) is 23.0 Å².